The number of para-hydroxylation sites is 2. The van der Waals surface area contributed by atoms with Gasteiger partial charge in [-0.15, -0.1) is 23.2 Å². The number of hydrogen-bond acceptors (Lipinski definition) is 3. The van der Waals surface area contributed by atoms with Crippen LogP contribution in [0.1, 0.15) is 13.3 Å². The van der Waals surface area contributed by atoms with Crippen molar-refractivity contribution in [2.75, 3.05) is 18.5 Å². The zero-order chi connectivity index (χ0) is 16.1. The van der Waals surface area contributed by atoms with Gasteiger partial charge < -0.3 is 15.0 Å². The molecule has 0 saturated heterocycles. The number of amides is 2. The summed E-state index contributed by atoms with van der Waals surface area (Å²) in [4.78, 5) is 26.3. The van der Waals surface area contributed by atoms with Gasteiger partial charge in [0, 0.05) is 7.05 Å². The first-order chi connectivity index (χ1) is 10.3. The molecule has 2 aliphatic rings. The topological polar surface area (TPSA) is 58.6 Å². The van der Waals surface area contributed by atoms with Crippen LogP contribution in [-0.2, 0) is 9.59 Å². The first-order valence-electron chi connectivity index (χ1n) is 6.97. The van der Waals surface area contributed by atoms with Gasteiger partial charge in [-0.25, -0.2) is 0 Å². The molecule has 1 aromatic carbocycles. The van der Waals surface area contributed by atoms with Gasteiger partial charge in [0.15, 0.2) is 6.10 Å². The molecule has 0 radical (unpaired) electrons. The molecular weight excluding hydrogens is 327 g/mol. The second-order valence-corrected chi connectivity index (χ2v) is 7.30. The summed E-state index contributed by atoms with van der Waals surface area (Å²) in [6, 6.07) is 7.12. The summed E-state index contributed by atoms with van der Waals surface area (Å²) in [5.41, 5.74) is -0.210. The molecule has 22 heavy (non-hydrogen) atoms. The number of nitrogens with one attached hydrogen (secondary N) is 1. The number of halogens is 2. The van der Waals surface area contributed by atoms with Crippen molar-refractivity contribution < 1.29 is 14.3 Å². The van der Waals surface area contributed by atoms with Crippen molar-refractivity contribution in [3.8, 4) is 5.75 Å². The SMILES string of the molecule is CNC(=O)[C@@H]1CN(C(=O)[C@@]2(C)CC2(Cl)Cl)c2ccccc2O1. The molecule has 1 fully saturated rings. The third kappa shape index (κ3) is 2.23. The number of carbonyl (C=O) groups is 2. The number of ether oxygens (including phenoxy) is 1. The van der Waals surface area contributed by atoms with Crippen molar-refractivity contribution in [2.45, 2.75) is 23.8 Å². The highest BCUT2D eigenvalue weighted by atomic mass is 35.5. The molecule has 0 aromatic heterocycles. The van der Waals surface area contributed by atoms with Gasteiger partial charge in [-0.05, 0) is 25.5 Å². The Hall–Kier alpha value is -1.46. The molecule has 3 rings (SSSR count). The summed E-state index contributed by atoms with van der Waals surface area (Å²) in [6.07, 6.45) is -0.363. The maximum Gasteiger partial charge on any atom is 0.262 e. The number of benzene rings is 1. The zero-order valence-electron chi connectivity index (χ0n) is 12.2. The predicted molar refractivity (Wildman–Crippen MR) is 84.4 cm³/mol. The van der Waals surface area contributed by atoms with E-state index in [-0.39, 0.29) is 18.4 Å². The highest BCUT2D eigenvalue weighted by Crippen LogP contribution is 2.64. The standard InChI is InChI=1S/C15H16Cl2N2O3/c1-14(8-15(14,16)17)13(21)19-7-11(12(20)18-2)22-10-6-4-3-5-9(10)19/h3-6,11H,7-8H2,1-2H3,(H,18,20)/t11-,14+/m0/s1. The van der Waals surface area contributed by atoms with Gasteiger partial charge in [-0.1, -0.05) is 12.1 Å². The van der Waals surface area contributed by atoms with Crippen molar-refractivity contribution in [1.82, 2.24) is 5.32 Å². The van der Waals surface area contributed by atoms with Gasteiger partial charge in [0.2, 0.25) is 5.91 Å². The maximum absolute atomic E-state index is 12.9. The van der Waals surface area contributed by atoms with Gasteiger partial charge in [-0.3, -0.25) is 9.59 Å². The number of anilines is 1. The van der Waals surface area contributed by atoms with Crippen molar-refractivity contribution in [1.29, 1.82) is 0 Å². The predicted octanol–water partition coefficient (Wildman–Crippen LogP) is 2.11. The molecule has 0 bridgehead atoms. The van der Waals surface area contributed by atoms with Crippen LogP contribution in [0.15, 0.2) is 24.3 Å². The Labute approximate surface area is 138 Å². The molecule has 1 aromatic rings. The molecular formula is C15H16Cl2N2O3. The number of likely N-dealkylation sites (N-methyl/N-ethyl adjacent to an activating group) is 1. The van der Waals surface area contributed by atoms with E-state index in [0.29, 0.717) is 17.9 Å². The Morgan fingerprint density at radius 1 is 1.36 bits per heavy atom. The number of fused-ring (bicyclic) bond motifs is 1. The fourth-order valence-electron chi connectivity index (χ4n) is 2.65. The third-order valence-corrected chi connectivity index (χ3v) is 5.39. The first kappa shape index (κ1) is 15.4. The van der Waals surface area contributed by atoms with E-state index in [9.17, 15) is 9.59 Å². The number of rotatable bonds is 2. The average Bonchev–Trinajstić information content (AvgIpc) is 3.04. The third-order valence-electron chi connectivity index (χ3n) is 4.29. The number of alkyl halides is 2. The van der Waals surface area contributed by atoms with Gasteiger partial charge in [0.05, 0.1) is 17.6 Å². The minimum atomic E-state index is -1.06. The van der Waals surface area contributed by atoms with E-state index < -0.39 is 15.9 Å². The summed E-state index contributed by atoms with van der Waals surface area (Å²) in [6.45, 7) is 1.87. The van der Waals surface area contributed by atoms with Crippen LogP contribution in [0.3, 0.4) is 0 Å². The highest BCUT2D eigenvalue weighted by Gasteiger charge is 2.69. The van der Waals surface area contributed by atoms with E-state index in [1.54, 1.807) is 30.0 Å². The van der Waals surface area contributed by atoms with Crippen LogP contribution < -0.4 is 15.0 Å². The normalized spacial score (nSPS) is 28.4. The van der Waals surface area contributed by atoms with Crippen molar-refractivity contribution in [3.63, 3.8) is 0 Å². The summed E-state index contributed by atoms with van der Waals surface area (Å²) in [5, 5.41) is 2.54. The van der Waals surface area contributed by atoms with Crippen LogP contribution in [0.4, 0.5) is 5.69 Å². The summed E-state index contributed by atoms with van der Waals surface area (Å²) >= 11 is 12.2. The lowest BCUT2D eigenvalue weighted by molar-refractivity contribution is -0.128. The molecule has 1 aliphatic heterocycles. The summed E-state index contributed by atoms with van der Waals surface area (Å²) < 4.78 is 4.62. The van der Waals surface area contributed by atoms with Crippen LogP contribution in [0.5, 0.6) is 5.75 Å². The lowest BCUT2D eigenvalue weighted by Crippen LogP contribution is -2.52. The molecule has 2 amide bonds. The average molecular weight is 343 g/mol. The Morgan fingerprint density at radius 3 is 2.59 bits per heavy atom. The second kappa shape index (κ2) is 5.03. The van der Waals surface area contributed by atoms with Crippen LogP contribution in [-0.4, -0.2) is 35.8 Å². The molecule has 0 unspecified atom stereocenters. The minimum absolute atomic E-state index is 0.134. The van der Waals surface area contributed by atoms with E-state index >= 15 is 0 Å². The molecule has 2 atom stereocenters. The maximum atomic E-state index is 12.9. The number of nitrogens with zero attached hydrogens (tertiary/aromatic N) is 1. The van der Waals surface area contributed by atoms with Crippen LogP contribution >= 0.6 is 23.2 Å². The first-order valence-corrected chi connectivity index (χ1v) is 7.73. The Kier molecular flexibility index (Phi) is 3.53. The molecule has 1 saturated carbocycles. The molecule has 1 heterocycles. The lowest BCUT2D eigenvalue weighted by Gasteiger charge is -2.35. The quantitative estimate of drug-likeness (QED) is 0.837. The molecule has 1 aliphatic carbocycles. The molecule has 5 nitrogen and oxygen atoms in total. The second-order valence-electron chi connectivity index (χ2n) is 5.82. The van der Waals surface area contributed by atoms with Crippen LogP contribution in [0, 0.1) is 5.41 Å². The van der Waals surface area contributed by atoms with Gasteiger partial charge in [0.1, 0.15) is 10.1 Å². The van der Waals surface area contributed by atoms with Gasteiger partial charge in [-0.2, -0.15) is 0 Å². The van der Waals surface area contributed by atoms with E-state index in [4.69, 9.17) is 27.9 Å². The molecule has 1 N–H and O–H groups in total. The molecule has 0 spiro atoms. The smallest absolute Gasteiger partial charge is 0.262 e. The van der Waals surface area contributed by atoms with Crippen LogP contribution in [0.2, 0.25) is 0 Å². The summed E-state index contributed by atoms with van der Waals surface area (Å²) in [7, 11) is 1.53. The van der Waals surface area contributed by atoms with Crippen molar-refractivity contribution in [3.05, 3.63) is 24.3 Å². The van der Waals surface area contributed by atoms with E-state index in [2.05, 4.69) is 5.32 Å². The van der Waals surface area contributed by atoms with Crippen molar-refractivity contribution in [2.24, 2.45) is 5.41 Å². The Morgan fingerprint density at radius 2 is 2.00 bits per heavy atom. The number of hydrogen-bond donors (Lipinski definition) is 1. The summed E-state index contributed by atoms with van der Waals surface area (Å²) in [5.74, 6) is 0.0214. The molecule has 118 valence electrons. The van der Waals surface area contributed by atoms with Crippen molar-refractivity contribution >= 4 is 40.7 Å². The van der Waals surface area contributed by atoms with E-state index in [1.807, 2.05) is 6.07 Å². The lowest BCUT2D eigenvalue weighted by atomic mass is 10.1. The largest absolute Gasteiger partial charge is 0.477 e. The highest BCUT2D eigenvalue weighted by molar-refractivity contribution is 6.53. The monoisotopic (exact) mass is 342 g/mol. The number of carbonyl (C=O) groups excluding carboxylic acids is 2. The van der Waals surface area contributed by atoms with Crippen LogP contribution in [0.25, 0.3) is 0 Å². The van der Waals surface area contributed by atoms with E-state index in [1.165, 1.54) is 7.05 Å². The fraction of sp³-hybridized carbons (Fsp3) is 0.467. The fourth-order valence-corrected chi connectivity index (χ4v) is 3.35. The van der Waals surface area contributed by atoms with Gasteiger partial charge >= 0.3 is 0 Å². The molecule has 7 heteroatoms. The Bertz CT molecular complexity index is 649. The van der Waals surface area contributed by atoms with E-state index in [0.717, 1.165) is 0 Å². The van der Waals surface area contributed by atoms with Gasteiger partial charge in [0.25, 0.3) is 5.91 Å². The Balaban J connectivity index is 1.96. The zero-order valence-corrected chi connectivity index (χ0v) is 13.7. The minimum Gasteiger partial charge on any atom is -0.477 e.